The largest absolute Gasteiger partial charge is 0.497 e. The maximum Gasteiger partial charge on any atom is 0.414 e. The van der Waals surface area contributed by atoms with Gasteiger partial charge in [0.15, 0.2) is 0 Å². The molecule has 0 aromatic heterocycles. The van der Waals surface area contributed by atoms with E-state index in [0.717, 1.165) is 23.5 Å². The van der Waals surface area contributed by atoms with E-state index >= 15 is 0 Å². The first-order valence-corrected chi connectivity index (χ1v) is 8.27. The van der Waals surface area contributed by atoms with Crippen molar-refractivity contribution >= 4 is 11.9 Å². The number of hydrogen-bond acceptors (Lipinski definition) is 4. The van der Waals surface area contributed by atoms with Crippen molar-refractivity contribution in [3.8, 4) is 5.75 Å². The van der Waals surface area contributed by atoms with Gasteiger partial charge in [-0.25, -0.2) is 9.59 Å². The van der Waals surface area contributed by atoms with E-state index in [1.165, 1.54) is 31.4 Å². The Morgan fingerprint density at radius 3 is 2.50 bits per heavy atom. The van der Waals surface area contributed by atoms with Crippen molar-refractivity contribution in [1.82, 2.24) is 5.32 Å². The number of nitrogens with one attached hydrogen (secondary N) is 1. The molecule has 6 nitrogen and oxygen atoms in total. The fraction of sp³-hybridized carbons (Fsp3) is 0.556. The molecule has 0 bridgehead atoms. The van der Waals surface area contributed by atoms with Crippen molar-refractivity contribution in [3.63, 3.8) is 0 Å². The van der Waals surface area contributed by atoms with Gasteiger partial charge in [-0.15, -0.1) is 0 Å². The lowest BCUT2D eigenvalue weighted by atomic mass is 9.69. The summed E-state index contributed by atoms with van der Waals surface area (Å²) in [6.07, 6.45) is 4.11. The highest BCUT2D eigenvalue weighted by Gasteiger charge is 2.40. The van der Waals surface area contributed by atoms with E-state index in [2.05, 4.69) is 30.4 Å². The van der Waals surface area contributed by atoms with E-state index in [1.54, 1.807) is 7.11 Å². The Balaban J connectivity index is 0.000000301. The highest BCUT2D eigenvalue weighted by atomic mass is 16.5. The second-order valence-corrected chi connectivity index (χ2v) is 6.45. The van der Waals surface area contributed by atoms with Crippen LogP contribution in [0.1, 0.15) is 37.7 Å². The molecule has 3 rings (SSSR count). The van der Waals surface area contributed by atoms with Gasteiger partial charge in [-0.1, -0.05) is 18.6 Å². The summed E-state index contributed by atoms with van der Waals surface area (Å²) in [6.45, 7) is 3.53. The highest BCUT2D eigenvalue weighted by molar-refractivity contribution is 6.27. The molecule has 2 aliphatic rings. The number of benzene rings is 1. The third kappa shape index (κ3) is 4.26. The van der Waals surface area contributed by atoms with Crippen LogP contribution in [0.5, 0.6) is 5.75 Å². The smallest absolute Gasteiger partial charge is 0.414 e. The van der Waals surface area contributed by atoms with Crippen molar-refractivity contribution in [3.05, 3.63) is 29.8 Å². The molecule has 0 amide bonds. The molecule has 24 heavy (non-hydrogen) atoms. The van der Waals surface area contributed by atoms with Crippen LogP contribution in [0.4, 0.5) is 0 Å². The summed E-state index contributed by atoms with van der Waals surface area (Å²) in [6, 6.07) is 9.38. The number of carboxylic acid groups (broad SMARTS) is 2. The molecule has 3 N–H and O–H groups in total. The predicted molar refractivity (Wildman–Crippen MR) is 89.3 cm³/mol. The van der Waals surface area contributed by atoms with E-state index in [0.29, 0.717) is 6.04 Å². The molecule has 0 spiro atoms. The van der Waals surface area contributed by atoms with Crippen molar-refractivity contribution in [2.24, 2.45) is 11.8 Å². The number of hydrogen-bond donors (Lipinski definition) is 3. The molecule has 1 aromatic rings. The first-order chi connectivity index (χ1) is 11.4. The lowest BCUT2D eigenvalue weighted by Crippen LogP contribution is -2.28. The molecule has 1 aromatic carbocycles. The van der Waals surface area contributed by atoms with Gasteiger partial charge in [0.1, 0.15) is 5.75 Å². The SMILES string of the molecule is COc1cccc(C2CCC[C@H]3C(C)NCC23)c1.O=C(O)C(=O)O. The van der Waals surface area contributed by atoms with Crippen LogP contribution in [-0.4, -0.2) is 41.8 Å². The fourth-order valence-corrected chi connectivity index (χ4v) is 3.97. The lowest BCUT2D eigenvalue weighted by Gasteiger charge is -2.35. The Bertz CT molecular complexity index is 577. The Labute approximate surface area is 141 Å². The van der Waals surface area contributed by atoms with Crippen LogP contribution in [0, 0.1) is 11.8 Å². The second kappa shape index (κ2) is 8.15. The summed E-state index contributed by atoms with van der Waals surface area (Å²) >= 11 is 0. The van der Waals surface area contributed by atoms with Crippen LogP contribution in [0.15, 0.2) is 24.3 Å². The number of carbonyl (C=O) groups is 2. The van der Waals surface area contributed by atoms with Crippen LogP contribution in [-0.2, 0) is 9.59 Å². The van der Waals surface area contributed by atoms with Crippen molar-refractivity contribution in [2.75, 3.05) is 13.7 Å². The molecule has 1 aliphatic carbocycles. The van der Waals surface area contributed by atoms with Crippen molar-refractivity contribution in [1.29, 1.82) is 0 Å². The summed E-state index contributed by atoms with van der Waals surface area (Å²) < 4.78 is 5.36. The Morgan fingerprint density at radius 1 is 1.17 bits per heavy atom. The first-order valence-electron chi connectivity index (χ1n) is 8.27. The minimum absolute atomic E-state index is 0.698. The number of rotatable bonds is 2. The zero-order valence-corrected chi connectivity index (χ0v) is 14.1. The highest BCUT2D eigenvalue weighted by Crippen LogP contribution is 2.45. The van der Waals surface area contributed by atoms with Gasteiger partial charge in [0.05, 0.1) is 7.11 Å². The van der Waals surface area contributed by atoms with Gasteiger partial charge in [0.25, 0.3) is 0 Å². The van der Waals surface area contributed by atoms with Crippen LogP contribution < -0.4 is 10.1 Å². The number of carboxylic acids is 2. The average molecular weight is 335 g/mol. The lowest BCUT2D eigenvalue weighted by molar-refractivity contribution is -0.159. The van der Waals surface area contributed by atoms with Gasteiger partial charge in [-0.3, -0.25) is 0 Å². The van der Waals surface area contributed by atoms with Crippen LogP contribution in [0.25, 0.3) is 0 Å². The van der Waals surface area contributed by atoms with Crippen LogP contribution >= 0.6 is 0 Å². The minimum atomic E-state index is -1.82. The van der Waals surface area contributed by atoms with Crippen LogP contribution in [0.3, 0.4) is 0 Å². The monoisotopic (exact) mass is 335 g/mol. The molecule has 1 heterocycles. The van der Waals surface area contributed by atoms with Crippen LogP contribution in [0.2, 0.25) is 0 Å². The zero-order chi connectivity index (χ0) is 17.7. The van der Waals surface area contributed by atoms with E-state index in [-0.39, 0.29) is 0 Å². The van der Waals surface area contributed by atoms with Crippen molar-refractivity contribution < 1.29 is 24.5 Å². The van der Waals surface area contributed by atoms with Gasteiger partial charge in [-0.2, -0.15) is 0 Å². The molecule has 132 valence electrons. The quantitative estimate of drug-likeness (QED) is 0.718. The molecule has 6 heteroatoms. The normalized spacial score (nSPS) is 28.2. The van der Waals surface area contributed by atoms with Gasteiger partial charge in [0.2, 0.25) is 0 Å². The Hall–Kier alpha value is -2.08. The molecular formula is C18H25NO5. The maximum atomic E-state index is 9.10. The Morgan fingerprint density at radius 2 is 1.88 bits per heavy atom. The molecule has 1 saturated carbocycles. The van der Waals surface area contributed by atoms with Gasteiger partial charge in [-0.05, 0) is 61.8 Å². The molecular weight excluding hydrogens is 310 g/mol. The number of methoxy groups -OCH3 is 1. The zero-order valence-electron chi connectivity index (χ0n) is 14.1. The molecule has 0 radical (unpaired) electrons. The predicted octanol–water partition coefficient (Wildman–Crippen LogP) is 2.34. The average Bonchev–Trinajstić information content (AvgIpc) is 2.97. The van der Waals surface area contributed by atoms with E-state index in [9.17, 15) is 0 Å². The first kappa shape index (κ1) is 18.3. The fourth-order valence-electron chi connectivity index (χ4n) is 3.97. The number of ether oxygens (including phenoxy) is 1. The summed E-state index contributed by atoms with van der Waals surface area (Å²) in [4.78, 5) is 18.2. The third-order valence-corrected chi connectivity index (χ3v) is 5.14. The minimum Gasteiger partial charge on any atom is -0.497 e. The van der Waals surface area contributed by atoms with Gasteiger partial charge >= 0.3 is 11.9 Å². The molecule has 4 atom stereocenters. The molecule has 3 unspecified atom stereocenters. The number of aliphatic carboxylic acids is 2. The van der Waals surface area contributed by atoms with E-state index in [4.69, 9.17) is 24.5 Å². The number of fused-ring (bicyclic) bond motifs is 1. The topological polar surface area (TPSA) is 95.9 Å². The van der Waals surface area contributed by atoms with E-state index in [1.807, 2.05) is 6.07 Å². The summed E-state index contributed by atoms with van der Waals surface area (Å²) in [5.41, 5.74) is 1.47. The third-order valence-electron chi connectivity index (χ3n) is 5.14. The standard InChI is InChI=1S/C16H23NO.C2H2O4/c1-11-14-7-4-8-15(16(14)10-17-11)12-5-3-6-13(9-12)18-2;3-1(4)2(5)6/h3,5-6,9,11,14-17H,4,7-8,10H2,1-2H3;(H,3,4)(H,5,6)/t11?,14-,15?,16?;/m0./s1. The van der Waals surface area contributed by atoms with E-state index < -0.39 is 11.9 Å². The Kier molecular flexibility index (Phi) is 6.20. The molecule has 1 saturated heterocycles. The molecule has 2 fully saturated rings. The van der Waals surface area contributed by atoms with Gasteiger partial charge in [0, 0.05) is 6.04 Å². The maximum absolute atomic E-state index is 9.10. The summed E-state index contributed by atoms with van der Waals surface area (Å²) in [5.74, 6) is -0.245. The summed E-state index contributed by atoms with van der Waals surface area (Å²) in [7, 11) is 1.75. The molecule has 1 aliphatic heterocycles. The second-order valence-electron chi connectivity index (χ2n) is 6.45. The van der Waals surface area contributed by atoms with Crippen molar-refractivity contribution in [2.45, 2.75) is 38.1 Å². The van der Waals surface area contributed by atoms with Gasteiger partial charge < -0.3 is 20.3 Å². The summed E-state index contributed by atoms with van der Waals surface area (Å²) in [5, 5.41) is 18.4.